The summed E-state index contributed by atoms with van der Waals surface area (Å²) in [5.41, 5.74) is 1.12. The highest BCUT2D eigenvalue weighted by atomic mass is 79.9. The Morgan fingerprint density at radius 1 is 1.62 bits per heavy atom. The van der Waals surface area contributed by atoms with E-state index in [1.54, 1.807) is 0 Å². The molecule has 1 N–H and O–H groups in total. The van der Waals surface area contributed by atoms with Gasteiger partial charge in [-0.05, 0) is 49.2 Å². The van der Waals surface area contributed by atoms with Crippen molar-refractivity contribution >= 4 is 27.3 Å². The van der Waals surface area contributed by atoms with Crippen LogP contribution in [0.25, 0.3) is 0 Å². The summed E-state index contributed by atoms with van der Waals surface area (Å²) in [5, 5.41) is 4.31. The Hall–Kier alpha value is -0.0400. The van der Waals surface area contributed by atoms with E-state index in [4.69, 9.17) is 0 Å². The van der Waals surface area contributed by atoms with Crippen molar-refractivity contribution in [1.29, 1.82) is 0 Å². The molecule has 90 valence electrons. The van der Waals surface area contributed by atoms with Gasteiger partial charge in [0, 0.05) is 17.9 Å². The Balaban J connectivity index is 2.08. The fraction of sp³-hybridized carbons (Fsp3) is 0.700. The molecule has 0 bridgehead atoms. The van der Waals surface area contributed by atoms with E-state index in [0.717, 1.165) is 23.3 Å². The summed E-state index contributed by atoms with van der Waals surface area (Å²) < 4.78 is 17.7. The molecular weight excluding hydrogens is 290 g/mol. The number of hydrogen-bond donors (Lipinski definition) is 1. The van der Waals surface area contributed by atoms with Gasteiger partial charge in [-0.2, -0.15) is 5.10 Å². The maximum absolute atomic E-state index is 12.0. The lowest BCUT2D eigenvalue weighted by Crippen LogP contribution is -2.40. The number of hydrogen-bond acceptors (Lipinski definition) is 3. The molecule has 1 aliphatic rings. The monoisotopic (exact) mass is 305 g/mol. The molecule has 0 amide bonds. The molecule has 0 saturated carbocycles. The van der Waals surface area contributed by atoms with Crippen LogP contribution in [0.2, 0.25) is 0 Å². The predicted octanol–water partition coefficient (Wildman–Crippen LogP) is 2.14. The Bertz CT molecular complexity index is 388. The van der Waals surface area contributed by atoms with Crippen LogP contribution in [0, 0.1) is 0 Å². The van der Waals surface area contributed by atoms with Crippen molar-refractivity contribution in [3.05, 3.63) is 16.4 Å². The summed E-state index contributed by atoms with van der Waals surface area (Å²) in [6.07, 6.45) is 0.956. The van der Waals surface area contributed by atoms with Crippen molar-refractivity contribution in [1.82, 2.24) is 14.5 Å². The van der Waals surface area contributed by atoms with Crippen molar-refractivity contribution in [3.63, 3.8) is 0 Å². The number of halogens is 1. The highest BCUT2D eigenvalue weighted by Crippen LogP contribution is 2.29. The van der Waals surface area contributed by atoms with Crippen LogP contribution in [0.3, 0.4) is 0 Å². The zero-order valence-electron chi connectivity index (χ0n) is 9.66. The van der Waals surface area contributed by atoms with Crippen LogP contribution >= 0.6 is 15.9 Å². The molecule has 6 heteroatoms. The summed E-state index contributed by atoms with van der Waals surface area (Å²) in [6.45, 7) is 6.80. The molecule has 2 rings (SSSR count). The molecule has 0 saturated heterocycles. The van der Waals surface area contributed by atoms with Gasteiger partial charge in [0.25, 0.3) is 0 Å². The highest BCUT2D eigenvalue weighted by molar-refractivity contribution is 9.10. The predicted molar refractivity (Wildman–Crippen MR) is 68.3 cm³/mol. The van der Waals surface area contributed by atoms with Gasteiger partial charge in [0.15, 0.2) is 0 Å². The minimum absolute atomic E-state index is 0.152. The molecule has 4 nitrogen and oxygen atoms in total. The average Bonchev–Trinajstić information content (AvgIpc) is 2.65. The molecule has 2 heterocycles. The van der Waals surface area contributed by atoms with Crippen molar-refractivity contribution in [2.75, 3.05) is 0 Å². The minimum atomic E-state index is -1.03. The topological polar surface area (TPSA) is 52.9 Å². The zero-order chi connectivity index (χ0) is 11.9. The zero-order valence-corrected chi connectivity index (χ0v) is 12.1. The summed E-state index contributed by atoms with van der Waals surface area (Å²) in [7, 11) is 0. The van der Waals surface area contributed by atoms with E-state index < -0.39 is 11.4 Å². The Morgan fingerprint density at radius 2 is 2.31 bits per heavy atom. The van der Waals surface area contributed by atoms with Crippen molar-refractivity contribution < 1.29 is 4.55 Å². The largest absolute Gasteiger partial charge is 0.598 e. The smallest absolute Gasteiger partial charge is 0.136 e. The fourth-order valence-electron chi connectivity index (χ4n) is 1.68. The van der Waals surface area contributed by atoms with Gasteiger partial charge in [-0.15, -0.1) is 4.72 Å². The second-order valence-electron chi connectivity index (χ2n) is 4.96. The molecule has 1 aromatic rings. The maximum atomic E-state index is 12.0. The number of aryl methyl sites for hydroxylation is 1. The normalized spacial score (nSPS) is 22.2. The van der Waals surface area contributed by atoms with E-state index in [2.05, 4.69) is 25.8 Å². The average molecular weight is 306 g/mol. The van der Waals surface area contributed by atoms with Gasteiger partial charge < -0.3 is 4.55 Å². The lowest BCUT2D eigenvalue weighted by atomic mass is 10.2. The van der Waals surface area contributed by atoms with Gasteiger partial charge in [-0.25, -0.2) is 0 Å². The molecule has 2 atom stereocenters. The molecule has 0 fully saturated rings. The molecule has 0 radical (unpaired) electrons. The summed E-state index contributed by atoms with van der Waals surface area (Å²) in [5.74, 6) is 0. The van der Waals surface area contributed by atoms with Crippen LogP contribution in [0.15, 0.2) is 10.7 Å². The summed E-state index contributed by atoms with van der Waals surface area (Å²) in [4.78, 5) is 0. The second-order valence-corrected chi connectivity index (χ2v) is 7.77. The quantitative estimate of drug-likeness (QED) is 0.852. The van der Waals surface area contributed by atoms with Crippen molar-refractivity contribution in [2.24, 2.45) is 0 Å². The molecule has 0 spiro atoms. The van der Waals surface area contributed by atoms with E-state index in [9.17, 15) is 4.55 Å². The van der Waals surface area contributed by atoms with E-state index in [0.29, 0.717) is 0 Å². The molecule has 1 aliphatic heterocycles. The van der Waals surface area contributed by atoms with Gasteiger partial charge in [0.05, 0.1) is 11.7 Å². The van der Waals surface area contributed by atoms with Gasteiger partial charge in [0.2, 0.25) is 0 Å². The molecule has 0 aromatic carbocycles. The molecule has 1 unspecified atom stereocenters. The molecule has 0 aliphatic carbocycles. The molecule has 1 aromatic heterocycles. The van der Waals surface area contributed by atoms with Crippen molar-refractivity contribution in [2.45, 2.75) is 44.5 Å². The van der Waals surface area contributed by atoms with Crippen LogP contribution in [-0.2, 0) is 17.9 Å². The SMILES string of the molecule is CC(C)(C)[S@@+]([O-])NC1CCn2nc(Br)cc21. The number of rotatable bonds is 2. The van der Waals surface area contributed by atoms with E-state index in [1.807, 2.05) is 31.5 Å². The van der Waals surface area contributed by atoms with Gasteiger partial charge in [-0.3, -0.25) is 4.68 Å². The van der Waals surface area contributed by atoms with Crippen LogP contribution in [0.4, 0.5) is 0 Å². The third kappa shape index (κ3) is 2.45. The van der Waals surface area contributed by atoms with Crippen molar-refractivity contribution in [3.8, 4) is 0 Å². The third-order valence-electron chi connectivity index (χ3n) is 2.57. The first-order valence-corrected chi connectivity index (χ1v) is 7.23. The number of fused-ring (bicyclic) bond motifs is 1. The van der Waals surface area contributed by atoms with E-state index in [1.165, 1.54) is 0 Å². The standard InChI is InChI=1S/C10H16BrN3OS/c1-10(2,3)16(15)13-7-4-5-14-8(7)6-9(11)12-14/h6-7,13H,4-5H2,1-3H3/t7?,16-/m1/s1. The lowest BCUT2D eigenvalue weighted by Gasteiger charge is -2.25. The Labute approximate surface area is 107 Å². The lowest BCUT2D eigenvalue weighted by molar-refractivity contribution is 0.521. The first-order chi connectivity index (χ1) is 7.38. The Kier molecular flexibility index (Phi) is 3.36. The highest BCUT2D eigenvalue weighted by Gasteiger charge is 2.33. The van der Waals surface area contributed by atoms with Gasteiger partial charge >= 0.3 is 0 Å². The van der Waals surface area contributed by atoms with Crippen LogP contribution < -0.4 is 4.72 Å². The first kappa shape index (κ1) is 12.4. The van der Waals surface area contributed by atoms with Gasteiger partial charge in [0.1, 0.15) is 9.35 Å². The molecule has 16 heavy (non-hydrogen) atoms. The third-order valence-corrected chi connectivity index (χ3v) is 4.57. The van der Waals surface area contributed by atoms with Crippen LogP contribution in [0.1, 0.15) is 38.9 Å². The maximum Gasteiger partial charge on any atom is 0.136 e. The number of aromatic nitrogens is 2. The minimum Gasteiger partial charge on any atom is -0.598 e. The van der Waals surface area contributed by atoms with E-state index >= 15 is 0 Å². The second kappa shape index (κ2) is 4.33. The van der Waals surface area contributed by atoms with Crippen LogP contribution in [0.5, 0.6) is 0 Å². The first-order valence-electron chi connectivity index (χ1n) is 5.29. The Morgan fingerprint density at radius 3 is 2.94 bits per heavy atom. The van der Waals surface area contributed by atoms with Gasteiger partial charge in [-0.1, -0.05) is 0 Å². The van der Waals surface area contributed by atoms with E-state index in [-0.39, 0.29) is 10.8 Å². The molecular formula is C10H16BrN3OS. The van der Waals surface area contributed by atoms with Crippen LogP contribution in [-0.4, -0.2) is 19.1 Å². The number of nitrogens with one attached hydrogen (secondary N) is 1. The summed E-state index contributed by atoms with van der Waals surface area (Å²) >= 11 is 2.32. The number of nitrogens with zero attached hydrogens (tertiary/aromatic N) is 2. The summed E-state index contributed by atoms with van der Waals surface area (Å²) in [6, 6.07) is 2.14. The fourth-order valence-corrected chi connectivity index (χ4v) is 2.96.